The Balaban J connectivity index is 2.02. The van der Waals surface area contributed by atoms with Crippen molar-refractivity contribution in [1.82, 2.24) is 9.62 Å². The lowest BCUT2D eigenvalue weighted by molar-refractivity contribution is 0.0904. The molecule has 5 heteroatoms. The largest absolute Gasteiger partial charge is 0.295 e. The average Bonchev–Trinajstić information content (AvgIpc) is 2.36. The van der Waals surface area contributed by atoms with Crippen molar-refractivity contribution in [2.45, 2.75) is 63.7 Å². The summed E-state index contributed by atoms with van der Waals surface area (Å²) in [6, 6.07) is 1.90. The lowest BCUT2D eigenvalue weighted by Gasteiger charge is -2.41. The molecule has 0 aliphatic carbocycles. The molecule has 2 aliphatic rings. The van der Waals surface area contributed by atoms with Gasteiger partial charge >= 0.3 is 0 Å². The molecule has 0 aromatic carbocycles. The second-order valence-corrected chi connectivity index (χ2v) is 7.26. The van der Waals surface area contributed by atoms with Crippen molar-refractivity contribution in [1.29, 1.82) is 0 Å². The van der Waals surface area contributed by atoms with Crippen molar-refractivity contribution in [3.8, 4) is 0 Å². The molecule has 4 nitrogen and oxygen atoms in total. The minimum Gasteiger partial charge on any atom is -0.295 e. The first-order chi connectivity index (χ1) is 7.37. The summed E-state index contributed by atoms with van der Waals surface area (Å²) in [4.78, 5) is 2.57. The van der Waals surface area contributed by atoms with Gasteiger partial charge in [0.05, 0.1) is 6.26 Å². The van der Waals surface area contributed by atoms with E-state index in [9.17, 15) is 8.42 Å². The number of fused-ring (bicyclic) bond motifs is 2. The molecule has 0 spiro atoms. The molecule has 0 saturated carbocycles. The van der Waals surface area contributed by atoms with E-state index in [2.05, 4.69) is 23.5 Å². The number of nitrogens with one attached hydrogen (secondary N) is 1. The zero-order valence-corrected chi connectivity index (χ0v) is 11.1. The third-order valence-corrected chi connectivity index (χ3v) is 4.53. The van der Waals surface area contributed by atoms with Crippen LogP contribution >= 0.6 is 0 Å². The van der Waals surface area contributed by atoms with Gasteiger partial charge in [0.2, 0.25) is 10.0 Å². The molecule has 3 atom stereocenters. The molecule has 94 valence electrons. The average molecular weight is 246 g/mol. The van der Waals surface area contributed by atoms with Crippen LogP contribution in [-0.2, 0) is 10.0 Å². The maximum absolute atomic E-state index is 11.2. The Morgan fingerprint density at radius 3 is 2.06 bits per heavy atom. The molecule has 0 aromatic heterocycles. The molecule has 0 radical (unpaired) electrons. The van der Waals surface area contributed by atoms with E-state index in [1.54, 1.807) is 0 Å². The fourth-order valence-corrected chi connectivity index (χ4v) is 4.25. The van der Waals surface area contributed by atoms with Crippen molar-refractivity contribution < 1.29 is 8.42 Å². The maximum atomic E-state index is 11.2. The summed E-state index contributed by atoms with van der Waals surface area (Å²) in [7, 11) is -3.05. The van der Waals surface area contributed by atoms with Gasteiger partial charge in [-0.25, -0.2) is 13.1 Å². The molecule has 2 aliphatic heterocycles. The van der Waals surface area contributed by atoms with Gasteiger partial charge in [-0.15, -0.1) is 0 Å². The van der Waals surface area contributed by atoms with Crippen molar-refractivity contribution in [2.24, 2.45) is 0 Å². The predicted octanol–water partition coefficient (Wildman–Crippen LogP) is 0.939. The van der Waals surface area contributed by atoms with Gasteiger partial charge in [0.1, 0.15) is 0 Å². The van der Waals surface area contributed by atoms with Crippen LogP contribution in [0.1, 0.15) is 39.5 Å². The Kier molecular flexibility index (Phi) is 3.29. The molecule has 2 fully saturated rings. The zero-order chi connectivity index (χ0) is 11.9. The van der Waals surface area contributed by atoms with Crippen LogP contribution in [0.25, 0.3) is 0 Å². The molecule has 16 heavy (non-hydrogen) atoms. The normalized spacial score (nSPS) is 35.9. The van der Waals surface area contributed by atoms with Crippen LogP contribution in [0.2, 0.25) is 0 Å². The predicted molar refractivity (Wildman–Crippen MR) is 64.8 cm³/mol. The Bertz CT molecular complexity index is 339. The van der Waals surface area contributed by atoms with Crippen LogP contribution in [0.5, 0.6) is 0 Å². The molecule has 2 heterocycles. The van der Waals surface area contributed by atoms with E-state index in [1.165, 1.54) is 19.1 Å². The van der Waals surface area contributed by atoms with Gasteiger partial charge in [-0.2, -0.15) is 0 Å². The van der Waals surface area contributed by atoms with Crippen molar-refractivity contribution >= 4 is 10.0 Å². The fraction of sp³-hybridized carbons (Fsp3) is 1.00. The minimum atomic E-state index is -3.05. The highest BCUT2D eigenvalue weighted by Crippen LogP contribution is 2.37. The molecule has 1 N–H and O–H groups in total. The van der Waals surface area contributed by atoms with E-state index in [0.29, 0.717) is 18.1 Å². The molecule has 0 aromatic rings. The van der Waals surface area contributed by atoms with Gasteiger partial charge in [-0.1, -0.05) is 0 Å². The van der Waals surface area contributed by atoms with Gasteiger partial charge in [-0.3, -0.25) is 4.90 Å². The Morgan fingerprint density at radius 2 is 1.69 bits per heavy atom. The van der Waals surface area contributed by atoms with E-state index in [1.807, 2.05) is 0 Å². The van der Waals surface area contributed by atoms with Gasteiger partial charge < -0.3 is 0 Å². The smallest absolute Gasteiger partial charge is 0.208 e. The summed E-state index contributed by atoms with van der Waals surface area (Å²) in [6.07, 6.45) is 5.66. The molecule has 0 unspecified atom stereocenters. The number of rotatable bonds is 3. The molecular formula is C11H22N2O2S. The van der Waals surface area contributed by atoms with Crippen LogP contribution in [0.15, 0.2) is 0 Å². The van der Waals surface area contributed by atoms with E-state index >= 15 is 0 Å². The molecule has 2 saturated heterocycles. The highest BCUT2D eigenvalue weighted by molar-refractivity contribution is 7.88. The molecular weight excluding hydrogens is 224 g/mol. The molecule has 2 rings (SSSR count). The highest BCUT2D eigenvalue weighted by atomic mass is 32.2. The van der Waals surface area contributed by atoms with Crippen LogP contribution < -0.4 is 4.72 Å². The van der Waals surface area contributed by atoms with Gasteiger partial charge in [0.15, 0.2) is 0 Å². The summed E-state index contributed by atoms with van der Waals surface area (Å²) in [5.41, 5.74) is 0. The Hall–Kier alpha value is -0.130. The first-order valence-corrected chi connectivity index (χ1v) is 8.00. The monoisotopic (exact) mass is 246 g/mol. The quantitative estimate of drug-likeness (QED) is 0.806. The van der Waals surface area contributed by atoms with Crippen LogP contribution in [0.4, 0.5) is 0 Å². The number of piperidine rings is 1. The second-order valence-electron chi connectivity index (χ2n) is 5.48. The Morgan fingerprint density at radius 1 is 1.19 bits per heavy atom. The number of hydrogen-bond acceptors (Lipinski definition) is 3. The van der Waals surface area contributed by atoms with Crippen molar-refractivity contribution in [2.75, 3.05) is 6.26 Å². The van der Waals surface area contributed by atoms with E-state index in [-0.39, 0.29) is 6.04 Å². The topological polar surface area (TPSA) is 49.4 Å². The number of nitrogens with zero attached hydrogens (tertiary/aromatic N) is 1. The second kappa shape index (κ2) is 4.27. The summed E-state index contributed by atoms with van der Waals surface area (Å²) in [5.74, 6) is 0. The van der Waals surface area contributed by atoms with Crippen LogP contribution in [0, 0.1) is 0 Å². The van der Waals surface area contributed by atoms with E-state index in [0.717, 1.165) is 12.8 Å². The Labute approximate surface area is 98.4 Å². The molecule has 0 amide bonds. The van der Waals surface area contributed by atoms with Gasteiger partial charge in [0, 0.05) is 24.2 Å². The summed E-state index contributed by atoms with van der Waals surface area (Å²) in [5, 5.41) is 0. The lowest BCUT2D eigenvalue weighted by Crippen LogP contribution is -2.52. The summed E-state index contributed by atoms with van der Waals surface area (Å²) < 4.78 is 25.2. The number of hydrogen-bond donors (Lipinski definition) is 1. The first-order valence-electron chi connectivity index (χ1n) is 6.11. The first kappa shape index (κ1) is 12.3. The maximum Gasteiger partial charge on any atom is 0.208 e. The molecule has 2 bridgehead atoms. The van der Waals surface area contributed by atoms with E-state index < -0.39 is 10.0 Å². The minimum absolute atomic E-state index is 0.155. The van der Waals surface area contributed by atoms with E-state index in [4.69, 9.17) is 0 Å². The van der Waals surface area contributed by atoms with Crippen molar-refractivity contribution in [3.63, 3.8) is 0 Å². The highest BCUT2D eigenvalue weighted by Gasteiger charge is 2.42. The summed E-state index contributed by atoms with van der Waals surface area (Å²) in [6.45, 7) is 4.46. The standard InChI is InChI=1S/C11H22N2O2S/c1-8(2)13-10-4-5-11(13)7-9(6-10)12-16(3,14)15/h8-12H,4-7H2,1-3H3/t9-,10-,11+. The third-order valence-electron chi connectivity index (χ3n) is 3.77. The number of sulfonamides is 1. The van der Waals surface area contributed by atoms with Gasteiger partial charge in [0.25, 0.3) is 0 Å². The third kappa shape index (κ3) is 2.57. The SMILES string of the molecule is CC(C)N1[C@@H]2CC[C@H]1C[C@H](NS(C)(=O)=O)C2. The van der Waals surface area contributed by atoms with Crippen LogP contribution in [-0.4, -0.2) is 43.7 Å². The zero-order valence-electron chi connectivity index (χ0n) is 10.3. The fourth-order valence-electron chi connectivity index (χ4n) is 3.46. The lowest BCUT2D eigenvalue weighted by atomic mass is 9.97. The van der Waals surface area contributed by atoms with Crippen LogP contribution in [0.3, 0.4) is 0 Å². The summed E-state index contributed by atoms with van der Waals surface area (Å²) >= 11 is 0. The van der Waals surface area contributed by atoms with Gasteiger partial charge in [-0.05, 0) is 39.5 Å². The van der Waals surface area contributed by atoms with Crippen molar-refractivity contribution in [3.05, 3.63) is 0 Å².